The molecule has 3 rings (SSSR count). The lowest BCUT2D eigenvalue weighted by molar-refractivity contribution is 0.622. The summed E-state index contributed by atoms with van der Waals surface area (Å²) in [5.41, 5.74) is 6.74. The van der Waals surface area contributed by atoms with E-state index in [0.29, 0.717) is 22.5 Å². The van der Waals surface area contributed by atoms with Gasteiger partial charge < -0.3 is 11.1 Å². The molecule has 0 bridgehead atoms. The summed E-state index contributed by atoms with van der Waals surface area (Å²) in [6, 6.07) is 7.55. The molecule has 122 valence electrons. The number of nitrogens with zero attached hydrogens (tertiary/aromatic N) is 3. The zero-order chi connectivity index (χ0) is 16.1. The molecule has 0 atom stereocenters. The summed E-state index contributed by atoms with van der Waals surface area (Å²) in [4.78, 5) is 12.9. The minimum Gasteiger partial charge on any atom is -0.378 e. The van der Waals surface area contributed by atoms with Gasteiger partial charge >= 0.3 is 0 Å². The minimum absolute atomic E-state index is 0.275. The molecule has 0 radical (unpaired) electrons. The number of nitrogens with one attached hydrogen (secondary N) is 1. The van der Waals surface area contributed by atoms with E-state index in [9.17, 15) is 0 Å². The van der Waals surface area contributed by atoms with E-state index >= 15 is 0 Å². The van der Waals surface area contributed by atoms with Crippen molar-refractivity contribution < 1.29 is 0 Å². The van der Waals surface area contributed by atoms with Crippen LogP contribution in [0.15, 0.2) is 29.4 Å². The van der Waals surface area contributed by atoms with Crippen LogP contribution < -0.4 is 11.1 Å². The molecule has 2 aromatic rings. The quantitative estimate of drug-likeness (QED) is 0.767. The fourth-order valence-electron chi connectivity index (χ4n) is 2.71. The van der Waals surface area contributed by atoms with Gasteiger partial charge in [0.25, 0.3) is 0 Å². The second kappa shape index (κ2) is 7.84. The lowest BCUT2D eigenvalue weighted by Crippen LogP contribution is -2.09. The van der Waals surface area contributed by atoms with E-state index in [2.05, 4.69) is 20.3 Å². The van der Waals surface area contributed by atoms with Crippen LogP contribution in [0.5, 0.6) is 0 Å². The highest BCUT2D eigenvalue weighted by atomic mass is 35.5. The number of nitrogen functional groups attached to an aromatic ring is 1. The van der Waals surface area contributed by atoms with Gasteiger partial charge in [-0.1, -0.05) is 42.3 Å². The van der Waals surface area contributed by atoms with Gasteiger partial charge in [-0.2, -0.15) is 9.97 Å². The van der Waals surface area contributed by atoms with Gasteiger partial charge in [0.15, 0.2) is 11.0 Å². The maximum Gasteiger partial charge on any atom is 0.224 e. The predicted molar refractivity (Wildman–Crippen MR) is 95.7 cm³/mol. The monoisotopic (exact) mass is 349 g/mol. The van der Waals surface area contributed by atoms with Crippen molar-refractivity contribution in [3.63, 3.8) is 0 Å². The van der Waals surface area contributed by atoms with E-state index in [-0.39, 0.29) is 5.95 Å². The molecule has 5 nitrogen and oxygen atoms in total. The van der Waals surface area contributed by atoms with Crippen LogP contribution in [-0.2, 0) is 6.54 Å². The number of nitrogens with two attached hydrogens (primary N) is 1. The minimum atomic E-state index is 0.275. The maximum absolute atomic E-state index is 5.98. The molecule has 1 fully saturated rings. The van der Waals surface area contributed by atoms with Gasteiger partial charge in [-0.05, 0) is 37.0 Å². The Morgan fingerprint density at radius 3 is 2.83 bits per heavy atom. The third-order valence-electron chi connectivity index (χ3n) is 3.88. The topological polar surface area (TPSA) is 76.7 Å². The summed E-state index contributed by atoms with van der Waals surface area (Å²) in [5, 5.41) is 4.66. The van der Waals surface area contributed by atoms with Gasteiger partial charge in [0, 0.05) is 16.5 Å². The summed E-state index contributed by atoms with van der Waals surface area (Å²) in [7, 11) is 0. The van der Waals surface area contributed by atoms with Gasteiger partial charge in [-0.3, -0.25) is 0 Å². The molecule has 0 spiro atoms. The number of thioether (sulfide) groups is 1. The first-order valence-electron chi connectivity index (χ1n) is 7.82. The zero-order valence-corrected chi connectivity index (χ0v) is 14.4. The van der Waals surface area contributed by atoms with E-state index in [1.54, 1.807) is 11.8 Å². The Morgan fingerprint density at radius 2 is 2.04 bits per heavy atom. The molecule has 1 saturated carbocycles. The van der Waals surface area contributed by atoms with Crippen molar-refractivity contribution in [2.75, 3.05) is 16.8 Å². The van der Waals surface area contributed by atoms with Crippen molar-refractivity contribution in [1.29, 1.82) is 0 Å². The Hall–Kier alpha value is -1.53. The first-order chi connectivity index (χ1) is 11.2. The SMILES string of the molecule is Nc1nc(CNc2cccc(Cl)c2)nc(SCC2CCCC2)n1. The average Bonchev–Trinajstić information content (AvgIpc) is 3.04. The van der Waals surface area contributed by atoms with Gasteiger partial charge in [-0.15, -0.1) is 0 Å². The maximum atomic E-state index is 5.98. The highest BCUT2D eigenvalue weighted by Crippen LogP contribution is 2.29. The number of hydrogen-bond donors (Lipinski definition) is 2. The summed E-state index contributed by atoms with van der Waals surface area (Å²) < 4.78 is 0. The van der Waals surface area contributed by atoms with E-state index < -0.39 is 0 Å². The summed E-state index contributed by atoms with van der Waals surface area (Å²) in [6.45, 7) is 0.490. The fourth-order valence-corrected chi connectivity index (χ4v) is 3.94. The summed E-state index contributed by atoms with van der Waals surface area (Å²) >= 11 is 7.65. The second-order valence-electron chi connectivity index (χ2n) is 5.72. The Morgan fingerprint density at radius 1 is 1.22 bits per heavy atom. The van der Waals surface area contributed by atoms with Crippen LogP contribution in [0.3, 0.4) is 0 Å². The molecule has 23 heavy (non-hydrogen) atoms. The van der Waals surface area contributed by atoms with Crippen molar-refractivity contribution in [3.8, 4) is 0 Å². The first-order valence-corrected chi connectivity index (χ1v) is 9.18. The summed E-state index contributed by atoms with van der Waals surface area (Å²) in [5.74, 6) is 2.76. The molecule has 3 N–H and O–H groups in total. The standard InChI is InChI=1S/C16H20ClN5S/c17-12-6-3-7-13(8-12)19-9-14-20-15(18)22-16(21-14)23-10-11-4-1-2-5-11/h3,6-8,11,19H,1-2,4-5,9-10H2,(H2,18,20,21,22). The molecule has 0 amide bonds. The molecule has 1 heterocycles. The number of anilines is 2. The van der Waals surface area contributed by atoms with Crippen LogP contribution in [0.2, 0.25) is 5.02 Å². The molecule has 1 aromatic carbocycles. The van der Waals surface area contributed by atoms with Gasteiger partial charge in [0.05, 0.1) is 6.54 Å². The molecule has 0 aliphatic heterocycles. The van der Waals surface area contributed by atoms with Gasteiger partial charge in [0.2, 0.25) is 5.95 Å². The van der Waals surface area contributed by atoms with Crippen LogP contribution in [0, 0.1) is 5.92 Å². The zero-order valence-electron chi connectivity index (χ0n) is 12.8. The number of benzene rings is 1. The molecule has 1 aliphatic carbocycles. The lowest BCUT2D eigenvalue weighted by atomic mass is 10.1. The summed E-state index contributed by atoms with van der Waals surface area (Å²) in [6.07, 6.45) is 5.33. The smallest absolute Gasteiger partial charge is 0.224 e. The molecule has 1 aliphatic rings. The van der Waals surface area contributed by atoms with Gasteiger partial charge in [-0.25, -0.2) is 4.98 Å². The Labute approximate surface area is 145 Å². The van der Waals surface area contributed by atoms with E-state index in [1.807, 2.05) is 24.3 Å². The van der Waals surface area contributed by atoms with Crippen LogP contribution in [0.1, 0.15) is 31.5 Å². The number of aromatic nitrogens is 3. The first kappa shape index (κ1) is 16.3. The highest BCUT2D eigenvalue weighted by molar-refractivity contribution is 7.99. The van der Waals surface area contributed by atoms with Crippen molar-refractivity contribution in [1.82, 2.24) is 15.0 Å². The van der Waals surface area contributed by atoms with E-state index in [0.717, 1.165) is 17.4 Å². The lowest BCUT2D eigenvalue weighted by Gasteiger charge is -2.09. The van der Waals surface area contributed by atoms with Crippen molar-refractivity contribution in [2.24, 2.45) is 5.92 Å². The largest absolute Gasteiger partial charge is 0.378 e. The Balaban J connectivity index is 1.60. The number of halogens is 1. The van der Waals surface area contributed by atoms with Crippen LogP contribution in [0.4, 0.5) is 11.6 Å². The van der Waals surface area contributed by atoms with Crippen molar-refractivity contribution >= 4 is 35.0 Å². The van der Waals surface area contributed by atoms with Crippen molar-refractivity contribution in [3.05, 3.63) is 35.1 Å². The molecular weight excluding hydrogens is 330 g/mol. The molecule has 0 unspecified atom stereocenters. The second-order valence-corrected chi connectivity index (χ2v) is 7.14. The van der Waals surface area contributed by atoms with Crippen LogP contribution in [-0.4, -0.2) is 20.7 Å². The molecule has 7 heteroatoms. The molecule has 0 saturated heterocycles. The third kappa shape index (κ3) is 4.97. The van der Waals surface area contributed by atoms with Crippen LogP contribution in [0.25, 0.3) is 0 Å². The Kier molecular flexibility index (Phi) is 5.56. The predicted octanol–water partition coefficient (Wildman–Crippen LogP) is 4.00. The molecular formula is C16H20ClN5S. The van der Waals surface area contributed by atoms with E-state index in [4.69, 9.17) is 17.3 Å². The Bertz CT molecular complexity index is 661. The average molecular weight is 350 g/mol. The van der Waals surface area contributed by atoms with Crippen molar-refractivity contribution in [2.45, 2.75) is 37.4 Å². The number of hydrogen-bond acceptors (Lipinski definition) is 6. The highest BCUT2D eigenvalue weighted by Gasteiger charge is 2.16. The van der Waals surface area contributed by atoms with E-state index in [1.165, 1.54) is 25.7 Å². The normalized spacial score (nSPS) is 15.0. The van der Waals surface area contributed by atoms with Gasteiger partial charge in [0.1, 0.15) is 0 Å². The number of rotatable bonds is 6. The third-order valence-corrected chi connectivity index (χ3v) is 5.19. The van der Waals surface area contributed by atoms with Crippen LogP contribution >= 0.6 is 23.4 Å². The molecule has 1 aromatic heterocycles. The fraction of sp³-hybridized carbons (Fsp3) is 0.438.